The van der Waals surface area contributed by atoms with Crippen LogP contribution < -0.4 is 5.32 Å². The van der Waals surface area contributed by atoms with Crippen LogP contribution in [-0.4, -0.2) is 34.6 Å². The Bertz CT molecular complexity index is 1120. The van der Waals surface area contributed by atoms with E-state index < -0.39 is 6.04 Å². The zero-order chi connectivity index (χ0) is 26.6. The fourth-order valence-corrected chi connectivity index (χ4v) is 5.32. The summed E-state index contributed by atoms with van der Waals surface area (Å²) >= 11 is 14.7. The number of benzene rings is 3. The van der Waals surface area contributed by atoms with E-state index in [1.807, 2.05) is 62.4 Å². The van der Waals surface area contributed by atoms with Crippen LogP contribution >= 0.6 is 35.0 Å². The average Bonchev–Trinajstić information content (AvgIpc) is 2.91. The second-order valence-electron chi connectivity index (χ2n) is 9.03. The number of amides is 2. The van der Waals surface area contributed by atoms with Crippen molar-refractivity contribution in [1.82, 2.24) is 10.2 Å². The number of carbonyl (C=O) groups excluding carboxylic acids is 2. The molecular weight excluding hydrogens is 523 g/mol. The Labute approximate surface area is 234 Å². The molecule has 3 aromatic rings. The average molecular weight is 558 g/mol. The minimum Gasteiger partial charge on any atom is -0.352 e. The standard InChI is InChI=1S/C30H34Cl2N2O2S/c1-3-22(2)33-30(36)28(19-23-11-6-4-7-12-23)34(20-25-26(31)15-10-16-27(25)32)29(35)17-18-37-21-24-13-8-5-9-14-24/h4-16,22,28H,3,17-21H2,1-2H3,(H,33,36). The highest BCUT2D eigenvalue weighted by Gasteiger charge is 2.31. The van der Waals surface area contributed by atoms with E-state index in [1.165, 1.54) is 5.56 Å². The van der Waals surface area contributed by atoms with E-state index >= 15 is 0 Å². The highest BCUT2D eigenvalue weighted by Crippen LogP contribution is 2.28. The SMILES string of the molecule is CCC(C)NC(=O)C(Cc1ccccc1)N(Cc1c(Cl)cccc1Cl)C(=O)CCSCc1ccccc1. The summed E-state index contributed by atoms with van der Waals surface area (Å²) in [5.41, 5.74) is 2.84. The number of nitrogens with one attached hydrogen (secondary N) is 1. The van der Waals surface area contributed by atoms with E-state index in [9.17, 15) is 9.59 Å². The molecular formula is C30H34Cl2N2O2S. The number of thioether (sulfide) groups is 1. The van der Waals surface area contributed by atoms with Crippen molar-refractivity contribution >= 4 is 46.8 Å². The zero-order valence-corrected chi connectivity index (χ0v) is 23.7. The highest BCUT2D eigenvalue weighted by molar-refractivity contribution is 7.98. The van der Waals surface area contributed by atoms with Crippen LogP contribution in [0.4, 0.5) is 0 Å². The quantitative estimate of drug-likeness (QED) is 0.227. The summed E-state index contributed by atoms with van der Waals surface area (Å²) in [6.45, 7) is 4.15. The van der Waals surface area contributed by atoms with Gasteiger partial charge in [-0.3, -0.25) is 9.59 Å². The summed E-state index contributed by atoms with van der Waals surface area (Å²) in [5, 5.41) is 4.04. The van der Waals surface area contributed by atoms with E-state index in [4.69, 9.17) is 23.2 Å². The van der Waals surface area contributed by atoms with Gasteiger partial charge >= 0.3 is 0 Å². The van der Waals surface area contributed by atoms with Gasteiger partial charge in [-0.05, 0) is 36.6 Å². The van der Waals surface area contributed by atoms with Gasteiger partial charge < -0.3 is 10.2 Å². The second kappa shape index (κ2) is 15.1. The molecule has 0 aromatic heterocycles. The molecule has 0 spiro atoms. The van der Waals surface area contributed by atoms with Crippen LogP contribution in [0, 0.1) is 0 Å². The number of nitrogens with zero attached hydrogens (tertiary/aromatic N) is 1. The molecule has 0 fully saturated rings. The summed E-state index contributed by atoms with van der Waals surface area (Å²) in [7, 11) is 0. The first kappa shape index (κ1) is 29.1. The monoisotopic (exact) mass is 556 g/mol. The van der Waals surface area contributed by atoms with Crippen molar-refractivity contribution in [2.45, 2.75) is 57.5 Å². The van der Waals surface area contributed by atoms with Crippen molar-refractivity contribution < 1.29 is 9.59 Å². The molecule has 7 heteroatoms. The molecule has 2 amide bonds. The first-order valence-corrected chi connectivity index (χ1v) is 14.5. The van der Waals surface area contributed by atoms with Gasteiger partial charge in [0.05, 0.1) is 0 Å². The Balaban J connectivity index is 1.85. The molecule has 0 saturated heterocycles. The van der Waals surface area contributed by atoms with Gasteiger partial charge in [-0.1, -0.05) is 96.9 Å². The fourth-order valence-electron chi connectivity index (χ4n) is 3.92. The third-order valence-electron chi connectivity index (χ3n) is 6.23. The van der Waals surface area contributed by atoms with Crippen molar-refractivity contribution in [2.24, 2.45) is 0 Å². The van der Waals surface area contributed by atoms with Gasteiger partial charge in [0.15, 0.2) is 0 Å². The van der Waals surface area contributed by atoms with Gasteiger partial charge in [0.2, 0.25) is 11.8 Å². The summed E-state index contributed by atoms with van der Waals surface area (Å²) in [6.07, 6.45) is 1.50. The van der Waals surface area contributed by atoms with Gasteiger partial charge in [-0.25, -0.2) is 0 Å². The molecule has 4 nitrogen and oxygen atoms in total. The maximum atomic E-state index is 13.7. The van der Waals surface area contributed by atoms with Crippen LogP contribution in [0.3, 0.4) is 0 Å². The summed E-state index contributed by atoms with van der Waals surface area (Å²) in [6, 6.07) is 24.5. The fraction of sp³-hybridized carbons (Fsp3) is 0.333. The van der Waals surface area contributed by atoms with Crippen molar-refractivity contribution in [1.29, 1.82) is 0 Å². The Kier molecular flexibility index (Phi) is 11.8. The predicted octanol–water partition coefficient (Wildman–Crippen LogP) is 7.17. The molecule has 1 N–H and O–H groups in total. The van der Waals surface area contributed by atoms with Gasteiger partial charge in [0.1, 0.15) is 6.04 Å². The van der Waals surface area contributed by atoms with E-state index in [0.717, 1.165) is 17.7 Å². The van der Waals surface area contributed by atoms with Gasteiger partial charge in [-0.15, -0.1) is 0 Å². The number of rotatable bonds is 13. The molecule has 0 aliphatic carbocycles. The van der Waals surface area contributed by atoms with E-state index in [1.54, 1.807) is 34.9 Å². The Morgan fingerprint density at radius 2 is 1.49 bits per heavy atom. The minimum atomic E-state index is -0.699. The molecule has 0 radical (unpaired) electrons. The molecule has 2 unspecified atom stereocenters. The van der Waals surface area contributed by atoms with Crippen LogP contribution in [-0.2, 0) is 28.3 Å². The molecule has 3 rings (SSSR count). The summed E-state index contributed by atoms with van der Waals surface area (Å²) in [4.78, 5) is 28.9. The normalized spacial score (nSPS) is 12.5. The molecule has 0 aliphatic rings. The maximum absolute atomic E-state index is 13.7. The Hall–Kier alpha value is -2.47. The molecule has 37 heavy (non-hydrogen) atoms. The van der Waals surface area contributed by atoms with E-state index in [0.29, 0.717) is 34.2 Å². The number of hydrogen-bond acceptors (Lipinski definition) is 3. The summed E-state index contributed by atoms with van der Waals surface area (Å²) in [5.74, 6) is 1.20. The highest BCUT2D eigenvalue weighted by atomic mass is 35.5. The van der Waals surface area contributed by atoms with Crippen LogP contribution in [0.25, 0.3) is 0 Å². The van der Waals surface area contributed by atoms with Crippen LogP contribution in [0.5, 0.6) is 0 Å². The first-order valence-electron chi connectivity index (χ1n) is 12.6. The lowest BCUT2D eigenvalue weighted by atomic mass is 10.0. The lowest BCUT2D eigenvalue weighted by Gasteiger charge is -2.33. The molecule has 0 saturated carbocycles. The largest absolute Gasteiger partial charge is 0.352 e. The Morgan fingerprint density at radius 3 is 2.08 bits per heavy atom. The van der Waals surface area contributed by atoms with Gasteiger partial charge in [0.25, 0.3) is 0 Å². The van der Waals surface area contributed by atoms with Crippen LogP contribution in [0.1, 0.15) is 43.4 Å². The van der Waals surface area contributed by atoms with Crippen molar-refractivity contribution in [3.63, 3.8) is 0 Å². The zero-order valence-electron chi connectivity index (χ0n) is 21.3. The van der Waals surface area contributed by atoms with E-state index in [-0.39, 0.29) is 24.4 Å². The Morgan fingerprint density at radius 1 is 0.892 bits per heavy atom. The third kappa shape index (κ3) is 9.10. The number of hydrogen-bond donors (Lipinski definition) is 1. The maximum Gasteiger partial charge on any atom is 0.243 e. The molecule has 0 aliphatic heterocycles. The summed E-state index contributed by atoms with van der Waals surface area (Å²) < 4.78 is 0. The van der Waals surface area contributed by atoms with Crippen molar-refractivity contribution in [3.05, 3.63) is 106 Å². The lowest BCUT2D eigenvalue weighted by molar-refractivity contribution is -0.141. The van der Waals surface area contributed by atoms with Gasteiger partial charge in [0, 0.05) is 52.5 Å². The number of halogens is 2. The first-order chi connectivity index (χ1) is 17.9. The lowest BCUT2D eigenvalue weighted by Crippen LogP contribution is -2.52. The molecule has 2 atom stereocenters. The minimum absolute atomic E-state index is 0.00643. The van der Waals surface area contributed by atoms with Gasteiger partial charge in [-0.2, -0.15) is 11.8 Å². The molecule has 0 bridgehead atoms. The van der Waals surface area contributed by atoms with E-state index in [2.05, 4.69) is 17.4 Å². The predicted molar refractivity (Wildman–Crippen MR) is 156 cm³/mol. The third-order valence-corrected chi connectivity index (χ3v) is 7.97. The molecule has 3 aromatic carbocycles. The molecule has 0 heterocycles. The van der Waals surface area contributed by atoms with Crippen molar-refractivity contribution in [3.8, 4) is 0 Å². The van der Waals surface area contributed by atoms with Crippen molar-refractivity contribution in [2.75, 3.05) is 5.75 Å². The topological polar surface area (TPSA) is 49.4 Å². The van der Waals surface area contributed by atoms with Crippen LogP contribution in [0.15, 0.2) is 78.9 Å². The smallest absolute Gasteiger partial charge is 0.243 e. The second-order valence-corrected chi connectivity index (χ2v) is 11.0. The molecule has 196 valence electrons. The van der Waals surface area contributed by atoms with Crippen LogP contribution in [0.2, 0.25) is 10.0 Å². The number of carbonyl (C=O) groups is 2.